The van der Waals surface area contributed by atoms with E-state index in [0.717, 1.165) is 122 Å². The van der Waals surface area contributed by atoms with Crippen LogP contribution >= 0.6 is 0 Å². The van der Waals surface area contributed by atoms with Gasteiger partial charge >= 0.3 is 17.9 Å². The molecule has 0 saturated heterocycles. The smallest absolute Gasteiger partial charge is 0.306 e. The number of ether oxygens (including phenoxy) is 3. The van der Waals surface area contributed by atoms with Gasteiger partial charge in [0.05, 0.1) is 0 Å². The molecule has 0 aromatic carbocycles. The molecule has 6 nitrogen and oxygen atoms in total. The van der Waals surface area contributed by atoms with Gasteiger partial charge in [0.15, 0.2) is 6.10 Å². The van der Waals surface area contributed by atoms with Crippen molar-refractivity contribution in [2.24, 2.45) is 0 Å². The second-order valence-corrected chi connectivity index (χ2v) is 18.8. The lowest BCUT2D eigenvalue weighted by Gasteiger charge is -2.18. The Kier molecular flexibility index (Phi) is 53.9. The van der Waals surface area contributed by atoms with Gasteiger partial charge in [0.2, 0.25) is 0 Å². The van der Waals surface area contributed by atoms with Crippen molar-refractivity contribution in [1.82, 2.24) is 0 Å². The van der Waals surface area contributed by atoms with Crippen LogP contribution in [0.15, 0.2) is 97.2 Å². The molecule has 1 atom stereocenters. The molecule has 0 aliphatic carbocycles. The first kappa shape index (κ1) is 65.3. The quantitative estimate of drug-likeness (QED) is 0.0262. The van der Waals surface area contributed by atoms with Crippen LogP contribution in [0.2, 0.25) is 0 Å². The van der Waals surface area contributed by atoms with Gasteiger partial charge in [-0.1, -0.05) is 240 Å². The molecule has 0 amide bonds. The van der Waals surface area contributed by atoms with Crippen molar-refractivity contribution in [3.8, 4) is 0 Å². The Balaban J connectivity index is 4.10. The molecule has 0 fully saturated rings. The molecule has 0 aromatic heterocycles. The second kappa shape index (κ2) is 56.9. The van der Waals surface area contributed by atoms with E-state index in [-0.39, 0.29) is 31.1 Å². The van der Waals surface area contributed by atoms with Gasteiger partial charge < -0.3 is 14.2 Å². The van der Waals surface area contributed by atoms with E-state index >= 15 is 0 Å². The van der Waals surface area contributed by atoms with Crippen LogP contribution < -0.4 is 0 Å². The Morgan fingerprint density at radius 3 is 0.899 bits per heavy atom. The zero-order valence-electron chi connectivity index (χ0n) is 45.0. The molecule has 394 valence electrons. The molecule has 1 unspecified atom stereocenters. The monoisotopic (exact) mass is 959 g/mol. The summed E-state index contributed by atoms with van der Waals surface area (Å²) in [6, 6.07) is 0. The number of esters is 3. The lowest BCUT2D eigenvalue weighted by Crippen LogP contribution is -2.30. The third kappa shape index (κ3) is 55.1. The SMILES string of the molecule is CC/C=C\C/C=C\C/C=C\C/C=C\C/C=C\C/C=C\C/C=C\CCCCCCCCCCCC(=O)OCC(COC(=O)CCCCCCCC)OC(=O)CCCCCCC/C=C\CCCCCCC. The van der Waals surface area contributed by atoms with Crippen molar-refractivity contribution in [1.29, 1.82) is 0 Å². The van der Waals surface area contributed by atoms with Crippen molar-refractivity contribution in [3.05, 3.63) is 97.2 Å². The van der Waals surface area contributed by atoms with Crippen LogP contribution in [-0.4, -0.2) is 37.2 Å². The van der Waals surface area contributed by atoms with Gasteiger partial charge in [-0.25, -0.2) is 0 Å². The van der Waals surface area contributed by atoms with Crippen molar-refractivity contribution >= 4 is 17.9 Å². The van der Waals surface area contributed by atoms with Crippen LogP contribution in [0.5, 0.6) is 0 Å². The number of carbonyl (C=O) groups excluding carboxylic acids is 3. The molecule has 0 bridgehead atoms. The molecule has 0 aliphatic heterocycles. The maximum atomic E-state index is 12.8. The van der Waals surface area contributed by atoms with Crippen LogP contribution in [0.4, 0.5) is 0 Å². The van der Waals surface area contributed by atoms with E-state index < -0.39 is 6.10 Å². The molecular weight excluding hydrogens is 853 g/mol. The summed E-state index contributed by atoms with van der Waals surface area (Å²) >= 11 is 0. The highest BCUT2D eigenvalue weighted by Gasteiger charge is 2.19. The molecular formula is C63H106O6. The first-order valence-electron chi connectivity index (χ1n) is 28.7. The van der Waals surface area contributed by atoms with Gasteiger partial charge in [-0.3, -0.25) is 14.4 Å². The van der Waals surface area contributed by atoms with Crippen molar-refractivity contribution in [2.75, 3.05) is 13.2 Å². The Bertz CT molecular complexity index is 1380. The lowest BCUT2D eigenvalue weighted by atomic mass is 10.1. The largest absolute Gasteiger partial charge is 0.462 e. The summed E-state index contributed by atoms with van der Waals surface area (Å²) in [7, 11) is 0. The maximum absolute atomic E-state index is 12.8. The fourth-order valence-corrected chi connectivity index (χ4v) is 7.77. The highest BCUT2D eigenvalue weighted by molar-refractivity contribution is 5.71. The van der Waals surface area contributed by atoms with Gasteiger partial charge in [-0.05, 0) is 103 Å². The van der Waals surface area contributed by atoms with E-state index in [1.165, 1.54) is 103 Å². The number of allylic oxidation sites excluding steroid dienone is 16. The third-order valence-electron chi connectivity index (χ3n) is 12.1. The van der Waals surface area contributed by atoms with Gasteiger partial charge in [0.25, 0.3) is 0 Å². The van der Waals surface area contributed by atoms with Crippen molar-refractivity contribution < 1.29 is 28.6 Å². The van der Waals surface area contributed by atoms with E-state index in [4.69, 9.17) is 14.2 Å². The maximum Gasteiger partial charge on any atom is 0.306 e. The highest BCUT2D eigenvalue weighted by atomic mass is 16.6. The summed E-state index contributed by atoms with van der Waals surface area (Å²) in [5, 5.41) is 0. The molecule has 0 aromatic rings. The minimum Gasteiger partial charge on any atom is -0.462 e. The molecule has 0 spiro atoms. The topological polar surface area (TPSA) is 78.9 Å². The van der Waals surface area contributed by atoms with Crippen LogP contribution in [0, 0.1) is 0 Å². The number of hydrogen-bond acceptors (Lipinski definition) is 6. The second-order valence-electron chi connectivity index (χ2n) is 18.8. The standard InChI is InChI=1S/C63H106O6/c1-4-7-10-13-16-18-20-22-24-25-26-27-28-29-30-31-32-33-34-35-36-37-38-39-40-42-43-45-47-50-53-56-62(65)68-59-60(58-67-61(64)55-52-49-15-12-9-6-3)69-63(66)57-54-51-48-46-44-41-23-21-19-17-14-11-8-5-2/h7,10,16,18,21-24,26-27,29-30,32-33,35-36,60H,4-6,8-9,11-15,17,19-20,25,28,31,34,37-59H2,1-3H3/b10-7-,18-16-,23-21-,24-22-,27-26-,30-29-,33-32-,36-35-. The van der Waals surface area contributed by atoms with E-state index in [9.17, 15) is 14.4 Å². The average Bonchev–Trinajstić information content (AvgIpc) is 3.35. The van der Waals surface area contributed by atoms with Crippen LogP contribution in [0.25, 0.3) is 0 Å². The van der Waals surface area contributed by atoms with E-state index in [2.05, 4.69) is 118 Å². The summed E-state index contributed by atoms with van der Waals surface area (Å²) in [5.41, 5.74) is 0. The number of hydrogen-bond donors (Lipinski definition) is 0. The predicted molar refractivity (Wildman–Crippen MR) is 297 cm³/mol. The minimum atomic E-state index is -0.780. The molecule has 0 aliphatic rings. The number of rotatable bonds is 51. The van der Waals surface area contributed by atoms with Crippen LogP contribution in [0.1, 0.15) is 265 Å². The van der Waals surface area contributed by atoms with E-state index in [0.29, 0.717) is 19.3 Å². The molecule has 0 radical (unpaired) electrons. The van der Waals surface area contributed by atoms with Gasteiger partial charge in [-0.15, -0.1) is 0 Å². The Hall–Kier alpha value is -3.67. The normalized spacial score (nSPS) is 12.8. The third-order valence-corrected chi connectivity index (χ3v) is 12.1. The predicted octanol–water partition coefficient (Wildman–Crippen LogP) is 19.3. The zero-order chi connectivity index (χ0) is 50.0. The first-order valence-corrected chi connectivity index (χ1v) is 28.7. The van der Waals surface area contributed by atoms with Crippen LogP contribution in [0.3, 0.4) is 0 Å². The zero-order valence-corrected chi connectivity index (χ0v) is 45.0. The molecule has 6 heteroatoms. The summed E-state index contributed by atoms with van der Waals surface area (Å²) in [5.74, 6) is -0.905. The molecule has 0 N–H and O–H groups in total. The van der Waals surface area contributed by atoms with Crippen LogP contribution in [-0.2, 0) is 28.6 Å². The minimum absolute atomic E-state index is 0.0816. The van der Waals surface area contributed by atoms with Gasteiger partial charge in [0, 0.05) is 19.3 Å². The summed E-state index contributed by atoms with van der Waals surface area (Å²) in [6.45, 7) is 6.44. The summed E-state index contributed by atoms with van der Waals surface area (Å²) < 4.78 is 16.7. The number of unbranched alkanes of at least 4 members (excludes halogenated alkanes) is 24. The number of carbonyl (C=O) groups is 3. The van der Waals surface area contributed by atoms with E-state index in [1.54, 1.807) is 0 Å². The Morgan fingerprint density at radius 1 is 0.304 bits per heavy atom. The van der Waals surface area contributed by atoms with Gasteiger partial charge in [-0.2, -0.15) is 0 Å². The summed E-state index contributed by atoms with van der Waals surface area (Å²) in [6.07, 6.45) is 75.8. The molecule has 69 heavy (non-hydrogen) atoms. The highest BCUT2D eigenvalue weighted by Crippen LogP contribution is 2.14. The Labute approximate surface area is 426 Å². The average molecular weight is 960 g/mol. The fraction of sp³-hybridized carbons (Fsp3) is 0.698. The summed E-state index contributed by atoms with van der Waals surface area (Å²) in [4.78, 5) is 37.8. The molecule has 0 saturated carbocycles. The first-order chi connectivity index (χ1) is 34.0. The molecule has 0 heterocycles. The fourth-order valence-electron chi connectivity index (χ4n) is 7.77. The van der Waals surface area contributed by atoms with Crippen molar-refractivity contribution in [3.63, 3.8) is 0 Å². The molecule has 0 rings (SSSR count). The Morgan fingerprint density at radius 2 is 0.565 bits per heavy atom. The van der Waals surface area contributed by atoms with Crippen molar-refractivity contribution in [2.45, 2.75) is 271 Å². The van der Waals surface area contributed by atoms with E-state index in [1.807, 2.05) is 0 Å². The lowest BCUT2D eigenvalue weighted by molar-refractivity contribution is -0.167. The van der Waals surface area contributed by atoms with Gasteiger partial charge in [0.1, 0.15) is 13.2 Å².